The largest absolute Gasteiger partial charge is 0.493 e. The van der Waals surface area contributed by atoms with E-state index < -0.39 is 0 Å². The second kappa shape index (κ2) is 13.3. The van der Waals surface area contributed by atoms with E-state index in [1.165, 1.54) is 5.56 Å². The number of benzene rings is 2. The van der Waals surface area contributed by atoms with Crippen molar-refractivity contribution in [2.75, 3.05) is 47.1 Å². The second-order valence-corrected chi connectivity index (χ2v) is 9.00. The summed E-state index contributed by atoms with van der Waals surface area (Å²) in [6, 6.07) is 16.2. The molecule has 7 nitrogen and oxygen atoms in total. The molecule has 0 aromatic heterocycles. The highest BCUT2D eigenvalue weighted by molar-refractivity contribution is 5.95. The Hall–Kier alpha value is -2.61. The van der Waals surface area contributed by atoms with Crippen molar-refractivity contribution >= 4 is 5.91 Å². The highest BCUT2D eigenvalue weighted by atomic mass is 16.5. The molecular weight excluding hydrogens is 430 g/mol. The van der Waals surface area contributed by atoms with Crippen molar-refractivity contribution in [3.8, 4) is 11.5 Å². The molecule has 1 saturated heterocycles. The van der Waals surface area contributed by atoms with Gasteiger partial charge in [0.2, 0.25) is 0 Å². The molecule has 0 aliphatic carbocycles. The first kappa shape index (κ1) is 26.0. The number of amides is 1. The molecule has 34 heavy (non-hydrogen) atoms. The van der Waals surface area contributed by atoms with Gasteiger partial charge in [0.15, 0.2) is 11.5 Å². The summed E-state index contributed by atoms with van der Waals surface area (Å²) in [7, 11) is 3.27. The molecule has 0 spiro atoms. The van der Waals surface area contributed by atoms with Crippen molar-refractivity contribution < 1.29 is 19.0 Å². The number of ether oxygens (including phenoxy) is 3. The molecule has 1 aliphatic heterocycles. The maximum Gasteiger partial charge on any atom is 0.254 e. The summed E-state index contributed by atoms with van der Waals surface area (Å²) < 4.78 is 16.4. The molecule has 1 aliphatic rings. The minimum absolute atomic E-state index is 0.00750. The lowest BCUT2D eigenvalue weighted by atomic mass is 10.0. The van der Waals surface area contributed by atoms with Crippen LogP contribution >= 0.6 is 0 Å². The molecule has 186 valence electrons. The number of rotatable bonds is 13. The van der Waals surface area contributed by atoms with E-state index >= 15 is 0 Å². The molecule has 0 radical (unpaired) electrons. The highest BCUT2D eigenvalue weighted by Gasteiger charge is 2.31. The van der Waals surface area contributed by atoms with Crippen LogP contribution in [0.5, 0.6) is 11.5 Å². The average Bonchev–Trinajstić information content (AvgIpc) is 3.31. The van der Waals surface area contributed by atoms with Gasteiger partial charge >= 0.3 is 0 Å². The lowest BCUT2D eigenvalue weighted by Gasteiger charge is -2.32. The number of carbonyl (C=O) groups is 1. The third-order valence-electron chi connectivity index (χ3n) is 6.23. The Morgan fingerprint density at radius 2 is 1.88 bits per heavy atom. The Balaban J connectivity index is 1.67. The van der Waals surface area contributed by atoms with Gasteiger partial charge in [-0.15, -0.1) is 0 Å². The van der Waals surface area contributed by atoms with E-state index in [9.17, 15) is 4.79 Å². The van der Waals surface area contributed by atoms with Gasteiger partial charge in [0.1, 0.15) is 0 Å². The summed E-state index contributed by atoms with van der Waals surface area (Å²) in [5.74, 6) is 1.54. The predicted molar refractivity (Wildman–Crippen MR) is 135 cm³/mol. The van der Waals surface area contributed by atoms with E-state index in [0.717, 1.165) is 26.1 Å². The molecule has 2 atom stereocenters. The first-order valence-corrected chi connectivity index (χ1v) is 12.1. The van der Waals surface area contributed by atoms with Crippen LogP contribution < -0.4 is 20.1 Å². The molecular formula is C27H39N3O4. The zero-order valence-corrected chi connectivity index (χ0v) is 20.9. The van der Waals surface area contributed by atoms with Crippen LogP contribution in [0.1, 0.15) is 36.2 Å². The molecule has 1 fully saturated rings. The van der Waals surface area contributed by atoms with Crippen LogP contribution in [0.15, 0.2) is 48.5 Å². The third kappa shape index (κ3) is 7.19. The van der Waals surface area contributed by atoms with Crippen molar-refractivity contribution in [1.29, 1.82) is 0 Å². The molecule has 0 unspecified atom stereocenters. The topological polar surface area (TPSA) is 72.1 Å². The number of hydrogen-bond acceptors (Lipinski definition) is 6. The van der Waals surface area contributed by atoms with Gasteiger partial charge in [0.05, 0.1) is 13.7 Å². The van der Waals surface area contributed by atoms with Gasteiger partial charge in [-0.05, 0) is 37.6 Å². The summed E-state index contributed by atoms with van der Waals surface area (Å²) in [4.78, 5) is 15.5. The monoisotopic (exact) mass is 469 g/mol. The Labute approximate surface area is 203 Å². The number of methoxy groups -OCH3 is 2. The van der Waals surface area contributed by atoms with Crippen LogP contribution in [-0.4, -0.2) is 70.0 Å². The Kier molecular flexibility index (Phi) is 10.2. The fraction of sp³-hybridized carbons (Fsp3) is 0.519. The van der Waals surface area contributed by atoms with Crippen molar-refractivity contribution in [3.05, 3.63) is 59.7 Å². The molecule has 1 amide bonds. The Morgan fingerprint density at radius 3 is 2.59 bits per heavy atom. The van der Waals surface area contributed by atoms with E-state index in [2.05, 4.69) is 48.7 Å². The number of nitrogens with one attached hydrogen (secondary N) is 2. The molecule has 2 aromatic carbocycles. The average molecular weight is 470 g/mol. The maximum atomic E-state index is 13.6. The van der Waals surface area contributed by atoms with Crippen LogP contribution in [0, 0.1) is 5.92 Å². The van der Waals surface area contributed by atoms with Crippen molar-refractivity contribution in [3.63, 3.8) is 0 Å². The Morgan fingerprint density at radius 1 is 1.09 bits per heavy atom. The molecule has 2 N–H and O–H groups in total. The molecule has 0 bridgehead atoms. The van der Waals surface area contributed by atoms with Gasteiger partial charge in [-0.25, -0.2) is 0 Å². The van der Waals surface area contributed by atoms with Gasteiger partial charge in [-0.3, -0.25) is 4.79 Å². The van der Waals surface area contributed by atoms with Gasteiger partial charge in [0, 0.05) is 69.9 Å². The number of carbonyl (C=O) groups excluding carboxylic acids is 1. The van der Waals surface area contributed by atoms with E-state index in [-0.39, 0.29) is 11.9 Å². The van der Waals surface area contributed by atoms with Crippen molar-refractivity contribution in [2.45, 2.75) is 38.9 Å². The molecule has 1 heterocycles. The summed E-state index contributed by atoms with van der Waals surface area (Å²) in [5, 5.41) is 7.17. The molecule has 2 aromatic rings. The van der Waals surface area contributed by atoms with Gasteiger partial charge < -0.3 is 29.7 Å². The predicted octanol–water partition coefficient (Wildman–Crippen LogP) is 3.34. The quantitative estimate of drug-likeness (QED) is 0.439. The fourth-order valence-electron chi connectivity index (χ4n) is 4.26. The Bertz CT molecular complexity index is 891. The normalized spacial score (nSPS) is 17.7. The summed E-state index contributed by atoms with van der Waals surface area (Å²) in [6.07, 6.45) is 0.766. The van der Waals surface area contributed by atoms with Gasteiger partial charge in [-0.1, -0.05) is 30.3 Å². The minimum atomic E-state index is 0.00750. The maximum absolute atomic E-state index is 13.6. The highest BCUT2D eigenvalue weighted by Crippen LogP contribution is 2.29. The standard InChI is InChI=1S/C27H39N3O4/c1-20(2)30(19-23-17-28-18-24(23)29-16-21-9-6-5-7-10-21)27(31)22-11-12-25(33-4)26(15-22)34-14-8-13-32-3/h5-7,9-12,15,20,23-24,28-29H,8,13-14,16-19H2,1-4H3/t23-,24+/m0/s1. The van der Waals surface area contributed by atoms with Crippen LogP contribution in [0.3, 0.4) is 0 Å². The minimum Gasteiger partial charge on any atom is -0.493 e. The first-order valence-electron chi connectivity index (χ1n) is 12.1. The molecule has 7 heteroatoms. The SMILES string of the molecule is COCCCOc1cc(C(=O)N(C[C@@H]2CNC[C@H]2NCc2ccccc2)C(C)C)ccc1OC. The van der Waals surface area contributed by atoms with Crippen LogP contribution in [0.4, 0.5) is 0 Å². The van der Waals surface area contributed by atoms with Gasteiger partial charge in [-0.2, -0.15) is 0 Å². The fourth-order valence-corrected chi connectivity index (χ4v) is 4.26. The first-order chi connectivity index (χ1) is 16.5. The van der Waals surface area contributed by atoms with Crippen LogP contribution in [0.2, 0.25) is 0 Å². The summed E-state index contributed by atoms with van der Waals surface area (Å²) in [5.41, 5.74) is 1.87. The zero-order chi connectivity index (χ0) is 24.3. The van der Waals surface area contributed by atoms with E-state index in [4.69, 9.17) is 14.2 Å². The number of hydrogen-bond donors (Lipinski definition) is 2. The summed E-state index contributed by atoms with van der Waals surface area (Å²) in [6.45, 7) is 8.55. The zero-order valence-electron chi connectivity index (χ0n) is 20.9. The van der Waals surface area contributed by atoms with Crippen molar-refractivity contribution in [2.24, 2.45) is 5.92 Å². The van der Waals surface area contributed by atoms with Crippen LogP contribution in [-0.2, 0) is 11.3 Å². The van der Waals surface area contributed by atoms with Crippen molar-refractivity contribution in [1.82, 2.24) is 15.5 Å². The molecule has 3 rings (SSSR count). The second-order valence-electron chi connectivity index (χ2n) is 9.00. The van der Waals surface area contributed by atoms with Gasteiger partial charge in [0.25, 0.3) is 5.91 Å². The van der Waals surface area contributed by atoms with E-state index in [1.807, 2.05) is 17.0 Å². The summed E-state index contributed by atoms with van der Waals surface area (Å²) >= 11 is 0. The van der Waals surface area contributed by atoms with E-state index in [1.54, 1.807) is 26.4 Å². The van der Waals surface area contributed by atoms with Crippen LogP contribution in [0.25, 0.3) is 0 Å². The lowest BCUT2D eigenvalue weighted by molar-refractivity contribution is 0.0668. The lowest BCUT2D eigenvalue weighted by Crippen LogP contribution is -2.46. The molecule has 0 saturated carbocycles. The third-order valence-corrected chi connectivity index (χ3v) is 6.23. The number of nitrogens with zero attached hydrogens (tertiary/aromatic N) is 1. The van der Waals surface area contributed by atoms with E-state index in [0.29, 0.717) is 48.8 Å². The smallest absolute Gasteiger partial charge is 0.254 e.